The first-order chi connectivity index (χ1) is 15.2. The van der Waals surface area contributed by atoms with Crippen LogP contribution in [0.5, 0.6) is 0 Å². The largest absolute Gasteiger partial charge is 0.388 e. The van der Waals surface area contributed by atoms with E-state index in [0.29, 0.717) is 16.7 Å². The molecule has 0 fully saturated rings. The fraction of sp³-hybridized carbons (Fsp3) is 0.217. The molecule has 2 rings (SSSR count). The zero-order valence-corrected chi connectivity index (χ0v) is 18.2. The second kappa shape index (κ2) is 11.8. The summed E-state index contributed by atoms with van der Waals surface area (Å²) < 4.78 is 24.8. The van der Waals surface area contributed by atoms with E-state index in [2.05, 4.69) is 33.7 Å². The number of rotatable bonds is 8. The van der Waals surface area contributed by atoms with Gasteiger partial charge in [0, 0.05) is 29.8 Å². The molecule has 0 spiro atoms. The summed E-state index contributed by atoms with van der Waals surface area (Å²) in [5, 5.41) is 11.4. The molecule has 0 unspecified atom stereocenters. The Hall–Kier alpha value is -3.47. The number of aliphatic hydroxyl groups excluding tert-OH is 1. The van der Waals surface area contributed by atoms with Crippen LogP contribution in [0.4, 0.5) is 0 Å². The predicted octanol–water partition coefficient (Wildman–Crippen LogP) is -0.242. The van der Waals surface area contributed by atoms with Gasteiger partial charge in [0.25, 0.3) is 5.91 Å². The molecule has 0 aliphatic heterocycles. The summed E-state index contributed by atoms with van der Waals surface area (Å²) in [6.45, 7) is -0.621. The van der Waals surface area contributed by atoms with E-state index in [4.69, 9.17) is 10.8 Å². The fourth-order valence-electron chi connectivity index (χ4n) is 2.51. The second-order valence-electron chi connectivity index (χ2n) is 6.76. The van der Waals surface area contributed by atoms with Crippen molar-refractivity contribution in [3.63, 3.8) is 0 Å². The monoisotopic (exact) mass is 453 g/mol. The minimum Gasteiger partial charge on any atom is -0.388 e. The number of amides is 1. The lowest BCUT2D eigenvalue weighted by Gasteiger charge is -2.14. The molecule has 0 saturated heterocycles. The Morgan fingerprint density at radius 1 is 1.06 bits per heavy atom. The molecule has 0 heterocycles. The van der Waals surface area contributed by atoms with Crippen molar-refractivity contribution in [3.05, 3.63) is 70.8 Å². The number of nitrogens with two attached hydrogens (primary N) is 1. The van der Waals surface area contributed by atoms with Gasteiger partial charge in [-0.25, -0.2) is 13.1 Å². The maximum Gasteiger partial charge on any atom is 0.251 e. The van der Waals surface area contributed by atoms with Crippen LogP contribution in [0.1, 0.15) is 27.0 Å². The van der Waals surface area contributed by atoms with Gasteiger partial charge in [-0.05, 0) is 53.8 Å². The van der Waals surface area contributed by atoms with Crippen LogP contribution in [-0.4, -0.2) is 50.7 Å². The maximum absolute atomic E-state index is 12.2. The quantitative estimate of drug-likeness (QED) is 0.407. The molecule has 0 aliphatic rings. The Morgan fingerprint density at radius 3 is 2.31 bits per heavy atom. The van der Waals surface area contributed by atoms with Crippen molar-refractivity contribution < 1.29 is 23.1 Å². The van der Waals surface area contributed by atoms with Crippen molar-refractivity contribution in [1.82, 2.24) is 10.0 Å². The average molecular weight is 454 g/mol. The molecule has 2 aromatic rings. The van der Waals surface area contributed by atoms with Crippen molar-refractivity contribution >= 4 is 21.7 Å². The molecule has 8 nitrogen and oxygen atoms in total. The molecule has 0 aromatic heterocycles. The van der Waals surface area contributed by atoms with E-state index in [-0.39, 0.29) is 13.1 Å². The molecule has 166 valence electrons. The summed E-state index contributed by atoms with van der Waals surface area (Å²) in [6, 6.07) is 12.6. The minimum absolute atomic E-state index is 0.107. The van der Waals surface area contributed by atoms with Gasteiger partial charge in [-0.15, -0.1) is 0 Å². The Bertz CT molecular complexity index is 1200. The lowest BCUT2D eigenvalue weighted by Crippen LogP contribution is -2.46. The summed E-state index contributed by atoms with van der Waals surface area (Å²) in [6.07, 6.45) is 1.10. The van der Waals surface area contributed by atoms with Crippen LogP contribution < -0.4 is 15.8 Å². The van der Waals surface area contributed by atoms with Gasteiger partial charge in [0.05, 0.1) is 6.26 Å². The Morgan fingerprint density at radius 2 is 1.72 bits per heavy atom. The van der Waals surface area contributed by atoms with E-state index >= 15 is 0 Å². The molecule has 5 N–H and O–H groups in total. The van der Waals surface area contributed by atoms with Gasteiger partial charge in [-0.2, -0.15) is 0 Å². The molecule has 0 aliphatic carbocycles. The van der Waals surface area contributed by atoms with Crippen LogP contribution in [0.15, 0.2) is 48.5 Å². The summed E-state index contributed by atoms with van der Waals surface area (Å²) in [7, 11) is -3.27. The highest BCUT2D eigenvalue weighted by molar-refractivity contribution is 7.88. The zero-order chi connectivity index (χ0) is 23.6. The summed E-state index contributed by atoms with van der Waals surface area (Å²) in [5.41, 5.74) is 7.89. The fourth-order valence-corrected chi connectivity index (χ4v) is 2.94. The molecule has 32 heavy (non-hydrogen) atoms. The van der Waals surface area contributed by atoms with E-state index in [0.717, 1.165) is 11.8 Å². The highest BCUT2D eigenvalue weighted by Crippen LogP contribution is 2.05. The number of nitrogens with one attached hydrogen (secondary N) is 2. The first-order valence-electron chi connectivity index (χ1n) is 9.52. The van der Waals surface area contributed by atoms with E-state index in [1.165, 1.54) is 0 Å². The number of carbonyl (C=O) groups is 2. The van der Waals surface area contributed by atoms with Gasteiger partial charge in [0.2, 0.25) is 10.0 Å². The number of sulfonamides is 1. The van der Waals surface area contributed by atoms with Crippen molar-refractivity contribution in [1.29, 1.82) is 0 Å². The smallest absolute Gasteiger partial charge is 0.251 e. The SMILES string of the molecule is CS(=O)(=O)NCc1cccc(C#CC#Cc2ccc(C(=O)N[C@@H](CN)C(=O)CO)cc2)c1. The Kier molecular flexibility index (Phi) is 9.14. The molecular weight excluding hydrogens is 430 g/mol. The number of ketones is 1. The third kappa shape index (κ3) is 8.34. The predicted molar refractivity (Wildman–Crippen MR) is 121 cm³/mol. The molecule has 2 aromatic carbocycles. The normalized spacial score (nSPS) is 11.3. The standard InChI is InChI=1S/C23H23N3O5S/c1-32(30,31)25-15-19-8-4-7-18(13-19)6-3-2-5-17-9-11-20(12-10-17)23(29)26-21(14-24)22(28)16-27/h4,7-13,21,25,27H,14-16,24H2,1H3,(H,26,29)/t21-/m0/s1. The number of carbonyl (C=O) groups excluding carboxylic acids is 2. The van der Waals surface area contributed by atoms with Gasteiger partial charge in [0.1, 0.15) is 12.6 Å². The Balaban J connectivity index is 2.01. The average Bonchev–Trinajstić information content (AvgIpc) is 2.78. The van der Waals surface area contributed by atoms with Gasteiger partial charge in [-0.3, -0.25) is 9.59 Å². The van der Waals surface area contributed by atoms with Gasteiger partial charge in [-0.1, -0.05) is 24.0 Å². The number of hydrogen-bond acceptors (Lipinski definition) is 6. The lowest BCUT2D eigenvalue weighted by molar-refractivity contribution is -0.123. The molecule has 9 heteroatoms. The zero-order valence-electron chi connectivity index (χ0n) is 17.4. The maximum atomic E-state index is 12.2. The van der Waals surface area contributed by atoms with Crippen molar-refractivity contribution in [3.8, 4) is 23.7 Å². The topological polar surface area (TPSA) is 139 Å². The van der Waals surface area contributed by atoms with Crippen LogP contribution in [0.2, 0.25) is 0 Å². The number of hydrogen-bond donors (Lipinski definition) is 4. The van der Waals surface area contributed by atoms with Crippen molar-refractivity contribution in [2.75, 3.05) is 19.4 Å². The highest BCUT2D eigenvalue weighted by Gasteiger charge is 2.18. The highest BCUT2D eigenvalue weighted by atomic mass is 32.2. The second-order valence-corrected chi connectivity index (χ2v) is 8.59. The van der Waals surface area contributed by atoms with Crippen molar-refractivity contribution in [2.45, 2.75) is 12.6 Å². The third-order valence-corrected chi connectivity index (χ3v) is 4.84. The molecule has 0 saturated carbocycles. The first-order valence-corrected chi connectivity index (χ1v) is 11.4. The molecule has 0 radical (unpaired) electrons. The van der Waals surface area contributed by atoms with E-state index in [1.54, 1.807) is 48.5 Å². The number of Topliss-reactive ketones (excluding diaryl/α,β-unsaturated/α-hetero) is 1. The molecule has 1 amide bonds. The molecular formula is C23H23N3O5S. The summed E-state index contributed by atoms with van der Waals surface area (Å²) in [5.74, 6) is 10.2. The lowest BCUT2D eigenvalue weighted by atomic mass is 10.1. The van der Waals surface area contributed by atoms with Crippen LogP contribution in [0.3, 0.4) is 0 Å². The first kappa shape index (κ1) is 24.8. The summed E-state index contributed by atoms with van der Waals surface area (Å²) in [4.78, 5) is 23.7. The van der Waals surface area contributed by atoms with E-state index in [1.807, 2.05) is 0 Å². The van der Waals surface area contributed by atoms with Crippen molar-refractivity contribution in [2.24, 2.45) is 5.73 Å². The van der Waals surface area contributed by atoms with Crippen LogP contribution in [0, 0.1) is 23.7 Å². The minimum atomic E-state index is -3.27. The number of aliphatic hydroxyl groups is 1. The van der Waals surface area contributed by atoms with E-state index < -0.39 is 34.4 Å². The molecule has 0 bridgehead atoms. The third-order valence-electron chi connectivity index (χ3n) is 4.17. The summed E-state index contributed by atoms with van der Waals surface area (Å²) >= 11 is 0. The van der Waals surface area contributed by atoms with Gasteiger partial charge < -0.3 is 16.2 Å². The molecule has 1 atom stereocenters. The van der Waals surface area contributed by atoms with Crippen LogP contribution in [-0.2, 0) is 21.4 Å². The van der Waals surface area contributed by atoms with Gasteiger partial charge in [0.15, 0.2) is 5.78 Å². The number of benzene rings is 2. The van der Waals surface area contributed by atoms with Crippen LogP contribution >= 0.6 is 0 Å². The van der Waals surface area contributed by atoms with E-state index in [9.17, 15) is 18.0 Å². The Labute approximate surface area is 187 Å². The van der Waals surface area contributed by atoms with Gasteiger partial charge >= 0.3 is 0 Å². The van der Waals surface area contributed by atoms with Crippen LogP contribution in [0.25, 0.3) is 0 Å².